The average Bonchev–Trinajstić information content (AvgIpc) is 2.50. The van der Waals surface area contributed by atoms with E-state index in [2.05, 4.69) is 21.9 Å². The minimum atomic E-state index is -0.256. The topological polar surface area (TPSA) is 36.4 Å². The Bertz CT molecular complexity index is 448. The van der Waals surface area contributed by atoms with Crippen molar-refractivity contribution in [1.29, 1.82) is 0 Å². The summed E-state index contributed by atoms with van der Waals surface area (Å²) in [5, 5.41) is 6.89. The molecule has 0 aliphatic heterocycles. The number of aliphatic imine (C=N–C) groups is 1. The number of rotatable bonds is 9. The Morgan fingerprint density at radius 2 is 2.14 bits per heavy atom. The van der Waals surface area contributed by atoms with Crippen LogP contribution in [0.1, 0.15) is 25.3 Å². The van der Waals surface area contributed by atoms with E-state index in [1.807, 2.05) is 18.7 Å². The number of hydrogen-bond acceptors (Lipinski definition) is 2. The van der Waals surface area contributed by atoms with Crippen molar-refractivity contribution >= 4 is 29.3 Å². The Labute approximate surface area is 142 Å². The van der Waals surface area contributed by atoms with Crippen molar-refractivity contribution in [3.63, 3.8) is 0 Å². The van der Waals surface area contributed by atoms with Gasteiger partial charge in [-0.15, -0.1) is 0 Å². The third-order valence-corrected chi connectivity index (χ3v) is 4.15. The number of thioether (sulfide) groups is 1. The maximum atomic E-state index is 13.7. The zero-order chi connectivity index (χ0) is 16.2. The smallest absolute Gasteiger partial charge is 0.191 e. The van der Waals surface area contributed by atoms with Gasteiger partial charge >= 0.3 is 0 Å². The summed E-state index contributed by atoms with van der Waals surface area (Å²) < 4.78 is 13.7. The largest absolute Gasteiger partial charge is 0.357 e. The summed E-state index contributed by atoms with van der Waals surface area (Å²) in [6.45, 7) is 4.23. The molecule has 0 bridgehead atoms. The fourth-order valence-electron chi connectivity index (χ4n) is 1.97. The standard InChI is InChI=1S/C16H25ClFN3S/c1-3-19-16(20-10-4-5-12-22-2)21-11-9-13-14(17)7-6-8-15(13)18/h6-8H,3-5,9-12H2,1-2H3,(H2,19,20,21). The van der Waals surface area contributed by atoms with Crippen LogP contribution >= 0.6 is 23.4 Å². The van der Waals surface area contributed by atoms with Crippen LogP contribution in [0.15, 0.2) is 23.2 Å². The summed E-state index contributed by atoms with van der Waals surface area (Å²) in [7, 11) is 0. The van der Waals surface area contributed by atoms with Crippen molar-refractivity contribution in [2.75, 3.05) is 31.6 Å². The van der Waals surface area contributed by atoms with Crippen LogP contribution in [0.2, 0.25) is 5.02 Å². The second-order valence-electron chi connectivity index (χ2n) is 4.84. The highest BCUT2D eigenvalue weighted by Crippen LogP contribution is 2.18. The molecule has 1 aromatic rings. The lowest BCUT2D eigenvalue weighted by Crippen LogP contribution is -2.38. The molecule has 0 radical (unpaired) electrons. The van der Waals surface area contributed by atoms with E-state index in [1.54, 1.807) is 12.1 Å². The number of halogens is 2. The minimum absolute atomic E-state index is 0.256. The molecule has 124 valence electrons. The molecule has 0 heterocycles. The first-order chi connectivity index (χ1) is 10.7. The number of unbranched alkanes of at least 4 members (excludes halogenated alkanes) is 1. The lowest BCUT2D eigenvalue weighted by molar-refractivity contribution is 0.607. The lowest BCUT2D eigenvalue weighted by atomic mass is 10.1. The molecule has 0 amide bonds. The molecule has 0 fully saturated rings. The fourth-order valence-corrected chi connectivity index (χ4v) is 2.72. The zero-order valence-electron chi connectivity index (χ0n) is 13.3. The maximum Gasteiger partial charge on any atom is 0.191 e. The van der Waals surface area contributed by atoms with Gasteiger partial charge in [0.25, 0.3) is 0 Å². The van der Waals surface area contributed by atoms with E-state index in [9.17, 15) is 4.39 Å². The van der Waals surface area contributed by atoms with Gasteiger partial charge in [-0.2, -0.15) is 11.8 Å². The van der Waals surface area contributed by atoms with Crippen LogP contribution in [0.25, 0.3) is 0 Å². The third kappa shape index (κ3) is 7.36. The molecule has 0 aliphatic rings. The van der Waals surface area contributed by atoms with Gasteiger partial charge in [-0.1, -0.05) is 17.7 Å². The summed E-state index contributed by atoms with van der Waals surface area (Å²) in [6.07, 6.45) is 4.90. The van der Waals surface area contributed by atoms with E-state index in [1.165, 1.54) is 18.2 Å². The van der Waals surface area contributed by atoms with Gasteiger partial charge in [0.05, 0.1) is 0 Å². The highest BCUT2D eigenvalue weighted by atomic mass is 35.5. The predicted molar refractivity (Wildman–Crippen MR) is 96.7 cm³/mol. The minimum Gasteiger partial charge on any atom is -0.357 e. The number of guanidine groups is 1. The molecule has 3 nitrogen and oxygen atoms in total. The predicted octanol–water partition coefficient (Wildman–Crippen LogP) is 3.72. The van der Waals surface area contributed by atoms with Crippen molar-refractivity contribution in [3.8, 4) is 0 Å². The molecule has 0 spiro atoms. The van der Waals surface area contributed by atoms with E-state index in [0.29, 0.717) is 23.6 Å². The molecule has 0 aromatic heterocycles. The second kappa shape index (κ2) is 11.6. The molecule has 0 saturated heterocycles. The van der Waals surface area contributed by atoms with Crippen LogP contribution in [0.4, 0.5) is 4.39 Å². The van der Waals surface area contributed by atoms with Crippen LogP contribution in [-0.4, -0.2) is 37.6 Å². The van der Waals surface area contributed by atoms with E-state index < -0.39 is 0 Å². The Morgan fingerprint density at radius 3 is 2.82 bits per heavy atom. The molecule has 0 atom stereocenters. The van der Waals surface area contributed by atoms with Gasteiger partial charge in [-0.3, -0.25) is 4.99 Å². The maximum absolute atomic E-state index is 13.7. The first-order valence-electron chi connectivity index (χ1n) is 7.63. The third-order valence-electron chi connectivity index (χ3n) is 3.10. The van der Waals surface area contributed by atoms with Crippen molar-refractivity contribution < 1.29 is 4.39 Å². The first-order valence-corrected chi connectivity index (χ1v) is 9.40. The number of nitrogens with zero attached hydrogens (tertiary/aromatic N) is 1. The van der Waals surface area contributed by atoms with Crippen molar-refractivity contribution in [3.05, 3.63) is 34.6 Å². The lowest BCUT2D eigenvalue weighted by Gasteiger charge is -2.12. The summed E-state index contributed by atoms with van der Waals surface area (Å²) in [6, 6.07) is 4.77. The Hall–Kier alpha value is -0.940. The van der Waals surface area contributed by atoms with Crippen LogP contribution in [0.5, 0.6) is 0 Å². The zero-order valence-corrected chi connectivity index (χ0v) is 14.9. The molecule has 0 unspecified atom stereocenters. The van der Waals surface area contributed by atoms with Crippen LogP contribution in [0.3, 0.4) is 0 Å². The van der Waals surface area contributed by atoms with E-state index >= 15 is 0 Å². The number of benzene rings is 1. The van der Waals surface area contributed by atoms with Crippen LogP contribution in [-0.2, 0) is 6.42 Å². The first kappa shape index (κ1) is 19.1. The van der Waals surface area contributed by atoms with Crippen molar-refractivity contribution in [2.45, 2.75) is 26.2 Å². The Kier molecular flexibility index (Phi) is 10.1. The van der Waals surface area contributed by atoms with Gasteiger partial charge in [-0.05, 0) is 50.3 Å². The average molecular weight is 346 g/mol. The molecule has 0 aliphatic carbocycles. The second-order valence-corrected chi connectivity index (χ2v) is 6.23. The molecule has 6 heteroatoms. The Morgan fingerprint density at radius 1 is 1.32 bits per heavy atom. The molecule has 1 rings (SSSR count). The fraction of sp³-hybridized carbons (Fsp3) is 0.562. The summed E-state index contributed by atoms with van der Waals surface area (Å²) in [5.74, 6) is 1.69. The van der Waals surface area contributed by atoms with E-state index in [4.69, 9.17) is 11.6 Å². The summed E-state index contributed by atoms with van der Waals surface area (Å²) >= 11 is 7.88. The van der Waals surface area contributed by atoms with Crippen LogP contribution < -0.4 is 10.6 Å². The van der Waals surface area contributed by atoms with E-state index in [0.717, 1.165) is 25.5 Å². The highest BCUT2D eigenvalue weighted by molar-refractivity contribution is 7.98. The molecule has 1 aromatic carbocycles. The molecular formula is C16H25ClFN3S. The number of hydrogen-bond donors (Lipinski definition) is 2. The normalized spacial score (nSPS) is 11.5. The SMILES string of the molecule is CCNC(=NCCCCSC)NCCc1c(F)cccc1Cl. The number of nitrogens with one attached hydrogen (secondary N) is 2. The quantitative estimate of drug-likeness (QED) is 0.407. The van der Waals surface area contributed by atoms with Crippen molar-refractivity contribution in [1.82, 2.24) is 10.6 Å². The van der Waals surface area contributed by atoms with Gasteiger partial charge in [0.15, 0.2) is 5.96 Å². The monoisotopic (exact) mass is 345 g/mol. The summed E-state index contributed by atoms with van der Waals surface area (Å²) in [4.78, 5) is 4.52. The highest BCUT2D eigenvalue weighted by Gasteiger charge is 2.06. The molecule has 22 heavy (non-hydrogen) atoms. The van der Waals surface area contributed by atoms with Gasteiger partial charge in [0, 0.05) is 30.2 Å². The van der Waals surface area contributed by atoms with Gasteiger partial charge in [0.1, 0.15) is 5.82 Å². The van der Waals surface area contributed by atoms with Gasteiger partial charge in [-0.25, -0.2) is 4.39 Å². The Balaban J connectivity index is 2.42. The summed E-state index contributed by atoms with van der Waals surface area (Å²) in [5.41, 5.74) is 0.549. The molecule has 0 saturated carbocycles. The molecule has 2 N–H and O–H groups in total. The van der Waals surface area contributed by atoms with E-state index in [-0.39, 0.29) is 5.82 Å². The van der Waals surface area contributed by atoms with Crippen molar-refractivity contribution in [2.24, 2.45) is 4.99 Å². The molecular weight excluding hydrogens is 321 g/mol. The van der Waals surface area contributed by atoms with Gasteiger partial charge < -0.3 is 10.6 Å². The van der Waals surface area contributed by atoms with Gasteiger partial charge in [0.2, 0.25) is 0 Å². The van der Waals surface area contributed by atoms with Crippen LogP contribution in [0, 0.1) is 5.82 Å².